The SMILES string of the molecule is CCN(C)c1ccc2c(n1)[C@H](C)CNCC2. The first-order valence-electron chi connectivity index (χ1n) is 6.14. The summed E-state index contributed by atoms with van der Waals surface area (Å²) in [6, 6.07) is 4.38. The van der Waals surface area contributed by atoms with Crippen molar-refractivity contribution in [1.82, 2.24) is 10.3 Å². The molecule has 0 bridgehead atoms. The number of pyridine rings is 1. The van der Waals surface area contributed by atoms with Crippen LogP contribution in [0.2, 0.25) is 0 Å². The fourth-order valence-electron chi connectivity index (χ4n) is 2.14. The van der Waals surface area contributed by atoms with Crippen molar-refractivity contribution >= 4 is 5.82 Å². The molecule has 1 aromatic heterocycles. The van der Waals surface area contributed by atoms with Crippen LogP contribution in [0.15, 0.2) is 12.1 Å². The van der Waals surface area contributed by atoms with E-state index in [1.807, 2.05) is 0 Å². The third-order valence-corrected chi connectivity index (χ3v) is 3.35. The summed E-state index contributed by atoms with van der Waals surface area (Å²) in [6.07, 6.45) is 1.10. The lowest BCUT2D eigenvalue weighted by atomic mass is 10.0. The van der Waals surface area contributed by atoms with Crippen molar-refractivity contribution < 1.29 is 0 Å². The van der Waals surface area contributed by atoms with Crippen LogP contribution >= 0.6 is 0 Å². The average Bonchev–Trinajstić information content (AvgIpc) is 2.50. The molecule has 1 N–H and O–H groups in total. The van der Waals surface area contributed by atoms with Crippen LogP contribution in [0.5, 0.6) is 0 Å². The van der Waals surface area contributed by atoms with Crippen molar-refractivity contribution in [3.05, 3.63) is 23.4 Å². The summed E-state index contributed by atoms with van der Waals surface area (Å²) < 4.78 is 0. The maximum Gasteiger partial charge on any atom is 0.128 e. The van der Waals surface area contributed by atoms with E-state index in [4.69, 9.17) is 4.98 Å². The van der Waals surface area contributed by atoms with Crippen molar-refractivity contribution in [2.45, 2.75) is 26.2 Å². The summed E-state index contributed by atoms with van der Waals surface area (Å²) >= 11 is 0. The number of anilines is 1. The van der Waals surface area contributed by atoms with Crippen LogP contribution in [0.1, 0.15) is 31.0 Å². The lowest BCUT2D eigenvalue weighted by molar-refractivity contribution is 0.635. The van der Waals surface area contributed by atoms with E-state index in [2.05, 4.69) is 43.2 Å². The maximum absolute atomic E-state index is 4.81. The summed E-state index contributed by atoms with van der Waals surface area (Å²) in [7, 11) is 2.09. The first kappa shape index (κ1) is 11.4. The van der Waals surface area contributed by atoms with Gasteiger partial charge in [-0.25, -0.2) is 4.98 Å². The number of hydrogen-bond donors (Lipinski definition) is 1. The molecule has 3 nitrogen and oxygen atoms in total. The van der Waals surface area contributed by atoms with Gasteiger partial charge in [0.05, 0.1) is 5.69 Å². The number of fused-ring (bicyclic) bond motifs is 1. The van der Waals surface area contributed by atoms with Gasteiger partial charge in [-0.15, -0.1) is 0 Å². The van der Waals surface area contributed by atoms with E-state index in [1.165, 1.54) is 11.3 Å². The highest BCUT2D eigenvalue weighted by molar-refractivity contribution is 5.42. The van der Waals surface area contributed by atoms with E-state index >= 15 is 0 Å². The zero-order chi connectivity index (χ0) is 11.5. The van der Waals surface area contributed by atoms with Crippen molar-refractivity contribution in [1.29, 1.82) is 0 Å². The van der Waals surface area contributed by atoms with Gasteiger partial charge in [0, 0.05) is 26.1 Å². The normalized spacial score (nSPS) is 20.1. The van der Waals surface area contributed by atoms with Gasteiger partial charge in [0.1, 0.15) is 5.82 Å². The molecule has 1 aliphatic rings. The minimum atomic E-state index is 0.516. The Hall–Kier alpha value is -1.09. The van der Waals surface area contributed by atoms with Crippen LogP contribution < -0.4 is 10.2 Å². The number of hydrogen-bond acceptors (Lipinski definition) is 3. The molecule has 2 heterocycles. The fourth-order valence-corrected chi connectivity index (χ4v) is 2.14. The molecule has 0 aromatic carbocycles. The smallest absolute Gasteiger partial charge is 0.128 e. The average molecular weight is 219 g/mol. The highest BCUT2D eigenvalue weighted by Crippen LogP contribution is 2.23. The quantitative estimate of drug-likeness (QED) is 0.822. The maximum atomic E-state index is 4.81. The number of nitrogens with one attached hydrogen (secondary N) is 1. The Morgan fingerprint density at radius 1 is 1.50 bits per heavy atom. The summed E-state index contributed by atoms with van der Waals surface area (Å²) in [5, 5.41) is 3.45. The number of aromatic nitrogens is 1. The van der Waals surface area contributed by atoms with Gasteiger partial charge >= 0.3 is 0 Å². The van der Waals surface area contributed by atoms with Gasteiger partial charge in [-0.1, -0.05) is 13.0 Å². The van der Waals surface area contributed by atoms with E-state index in [0.717, 1.165) is 31.9 Å². The molecule has 0 radical (unpaired) electrons. The summed E-state index contributed by atoms with van der Waals surface area (Å²) in [5.41, 5.74) is 2.69. The van der Waals surface area contributed by atoms with Crippen molar-refractivity contribution in [2.75, 3.05) is 31.6 Å². The zero-order valence-corrected chi connectivity index (χ0v) is 10.5. The molecule has 0 saturated carbocycles. The van der Waals surface area contributed by atoms with Crippen LogP contribution in [0.3, 0.4) is 0 Å². The third kappa shape index (κ3) is 2.19. The predicted octanol–water partition coefficient (Wildman–Crippen LogP) is 1.79. The molecule has 0 saturated heterocycles. The standard InChI is InChI=1S/C13H21N3/c1-4-16(3)12-6-5-11-7-8-14-9-10(2)13(11)15-12/h5-6,10,14H,4,7-9H2,1-3H3/t10-/m1/s1. The van der Waals surface area contributed by atoms with Gasteiger partial charge < -0.3 is 10.2 Å². The van der Waals surface area contributed by atoms with E-state index in [0.29, 0.717) is 5.92 Å². The van der Waals surface area contributed by atoms with E-state index < -0.39 is 0 Å². The van der Waals surface area contributed by atoms with E-state index in [9.17, 15) is 0 Å². The van der Waals surface area contributed by atoms with Crippen LogP contribution in [0, 0.1) is 0 Å². The highest BCUT2D eigenvalue weighted by atomic mass is 15.2. The second kappa shape index (κ2) is 4.83. The third-order valence-electron chi connectivity index (χ3n) is 3.35. The number of nitrogens with zero attached hydrogens (tertiary/aromatic N) is 2. The predicted molar refractivity (Wildman–Crippen MR) is 68.2 cm³/mol. The molecule has 1 aromatic rings. The molecule has 88 valence electrons. The Morgan fingerprint density at radius 2 is 2.31 bits per heavy atom. The second-order valence-electron chi connectivity index (χ2n) is 4.58. The van der Waals surface area contributed by atoms with E-state index in [1.54, 1.807) is 0 Å². The molecule has 1 atom stereocenters. The Kier molecular flexibility index (Phi) is 3.44. The van der Waals surface area contributed by atoms with Gasteiger partial charge in [0.15, 0.2) is 0 Å². The fraction of sp³-hybridized carbons (Fsp3) is 0.615. The largest absolute Gasteiger partial charge is 0.360 e. The lowest BCUT2D eigenvalue weighted by Crippen LogP contribution is -2.20. The van der Waals surface area contributed by atoms with Crippen molar-refractivity contribution in [2.24, 2.45) is 0 Å². The van der Waals surface area contributed by atoms with Gasteiger partial charge in [0.2, 0.25) is 0 Å². The van der Waals surface area contributed by atoms with E-state index in [-0.39, 0.29) is 0 Å². The molecule has 0 aliphatic carbocycles. The van der Waals surface area contributed by atoms with Gasteiger partial charge in [-0.3, -0.25) is 0 Å². The van der Waals surface area contributed by atoms with Crippen LogP contribution in [-0.2, 0) is 6.42 Å². The first-order chi connectivity index (χ1) is 7.72. The Bertz CT molecular complexity index is 362. The molecular weight excluding hydrogens is 198 g/mol. The molecule has 0 amide bonds. The second-order valence-corrected chi connectivity index (χ2v) is 4.58. The van der Waals surface area contributed by atoms with Crippen molar-refractivity contribution in [3.63, 3.8) is 0 Å². The highest BCUT2D eigenvalue weighted by Gasteiger charge is 2.16. The molecule has 0 spiro atoms. The minimum Gasteiger partial charge on any atom is -0.360 e. The van der Waals surface area contributed by atoms with Crippen LogP contribution in [-0.4, -0.2) is 31.7 Å². The molecular formula is C13H21N3. The molecule has 1 aliphatic heterocycles. The van der Waals surface area contributed by atoms with Gasteiger partial charge in [0.25, 0.3) is 0 Å². The van der Waals surface area contributed by atoms with Crippen LogP contribution in [0.25, 0.3) is 0 Å². The molecule has 0 fully saturated rings. The Labute approximate surface area is 97.9 Å². The summed E-state index contributed by atoms with van der Waals surface area (Å²) in [4.78, 5) is 7.00. The van der Waals surface area contributed by atoms with Crippen LogP contribution in [0.4, 0.5) is 5.82 Å². The molecule has 0 unspecified atom stereocenters. The number of rotatable bonds is 2. The van der Waals surface area contributed by atoms with Gasteiger partial charge in [-0.2, -0.15) is 0 Å². The summed E-state index contributed by atoms with van der Waals surface area (Å²) in [6.45, 7) is 7.51. The minimum absolute atomic E-state index is 0.516. The molecule has 3 heteroatoms. The van der Waals surface area contributed by atoms with Crippen molar-refractivity contribution in [3.8, 4) is 0 Å². The monoisotopic (exact) mass is 219 g/mol. The zero-order valence-electron chi connectivity index (χ0n) is 10.5. The Balaban J connectivity index is 2.35. The molecule has 2 rings (SSSR count). The topological polar surface area (TPSA) is 28.2 Å². The summed E-state index contributed by atoms with van der Waals surface area (Å²) in [5.74, 6) is 1.61. The first-order valence-corrected chi connectivity index (χ1v) is 6.14. The Morgan fingerprint density at radius 3 is 3.06 bits per heavy atom. The lowest BCUT2D eigenvalue weighted by Gasteiger charge is -2.19. The molecule has 16 heavy (non-hydrogen) atoms. The van der Waals surface area contributed by atoms with Gasteiger partial charge in [-0.05, 0) is 31.5 Å².